The minimum absolute atomic E-state index is 0.0742. The van der Waals surface area contributed by atoms with Crippen molar-refractivity contribution in [3.05, 3.63) is 28.2 Å². The van der Waals surface area contributed by atoms with Gasteiger partial charge in [0.25, 0.3) is 0 Å². The average molecular weight is 371 g/mol. The highest BCUT2D eigenvalue weighted by Crippen LogP contribution is 2.36. The van der Waals surface area contributed by atoms with Gasteiger partial charge in [-0.15, -0.1) is 0 Å². The van der Waals surface area contributed by atoms with Crippen LogP contribution < -0.4 is 11.1 Å². The highest BCUT2D eigenvalue weighted by Gasteiger charge is 2.33. The normalized spacial score (nSPS) is 13.1. The van der Waals surface area contributed by atoms with Crippen molar-refractivity contribution in [2.24, 2.45) is 5.73 Å². The summed E-state index contributed by atoms with van der Waals surface area (Å²) >= 11 is 4.38. The summed E-state index contributed by atoms with van der Waals surface area (Å²) in [5.41, 5.74) is 4.88. The Hall–Kier alpha value is -0.730. The predicted molar refractivity (Wildman–Crippen MR) is 78.7 cm³/mol. The van der Waals surface area contributed by atoms with Gasteiger partial charge in [-0.05, 0) is 36.6 Å². The minimum Gasteiger partial charge on any atom is -0.325 e. The smallest absolute Gasteiger partial charge is 0.325 e. The Morgan fingerprint density at radius 3 is 2.70 bits per heavy atom. The van der Waals surface area contributed by atoms with Crippen LogP contribution in [0.3, 0.4) is 0 Å². The maximum absolute atomic E-state index is 12.7. The van der Waals surface area contributed by atoms with Crippen molar-refractivity contribution >= 4 is 39.3 Å². The zero-order chi connectivity index (χ0) is 15.3. The zero-order valence-electron chi connectivity index (χ0n) is 10.6. The number of amides is 1. The zero-order valence-corrected chi connectivity index (χ0v) is 13.0. The molecule has 0 radical (unpaired) electrons. The summed E-state index contributed by atoms with van der Waals surface area (Å²) in [6, 6.07) is 2.77. The third-order valence-electron chi connectivity index (χ3n) is 2.51. The highest BCUT2D eigenvalue weighted by molar-refractivity contribution is 9.10. The number of carbonyl (C=O) groups excluding carboxylic acids is 1. The largest absolute Gasteiger partial charge is 0.417 e. The number of alkyl halides is 3. The molecule has 1 aromatic carbocycles. The van der Waals surface area contributed by atoms with Crippen LogP contribution >= 0.6 is 27.7 Å². The summed E-state index contributed by atoms with van der Waals surface area (Å²) in [7, 11) is 0. The number of nitrogens with one attached hydrogen (secondary N) is 1. The fraction of sp³-hybridized carbons (Fsp3) is 0.417. The van der Waals surface area contributed by atoms with Crippen LogP contribution in [-0.4, -0.2) is 24.0 Å². The molecule has 1 rings (SSSR count). The third-order valence-corrected chi connectivity index (χ3v) is 3.84. The van der Waals surface area contributed by atoms with Crippen LogP contribution in [0.15, 0.2) is 22.7 Å². The highest BCUT2D eigenvalue weighted by atomic mass is 79.9. The topological polar surface area (TPSA) is 55.1 Å². The number of carbonyl (C=O) groups is 1. The van der Waals surface area contributed by atoms with E-state index in [4.69, 9.17) is 5.73 Å². The summed E-state index contributed by atoms with van der Waals surface area (Å²) in [5, 5.41) is 2.40. The van der Waals surface area contributed by atoms with Gasteiger partial charge < -0.3 is 11.1 Å². The fourth-order valence-electron chi connectivity index (χ4n) is 1.43. The number of benzene rings is 1. The van der Waals surface area contributed by atoms with Crippen LogP contribution in [0.25, 0.3) is 0 Å². The number of rotatable bonds is 5. The second kappa shape index (κ2) is 7.33. The number of hydrogen-bond acceptors (Lipinski definition) is 3. The van der Waals surface area contributed by atoms with Crippen molar-refractivity contribution in [2.45, 2.75) is 18.6 Å². The van der Waals surface area contributed by atoms with Gasteiger partial charge in [0.15, 0.2) is 0 Å². The summed E-state index contributed by atoms with van der Waals surface area (Å²) in [6.07, 6.45) is -2.13. The lowest BCUT2D eigenvalue weighted by Gasteiger charge is -2.14. The second-order valence-electron chi connectivity index (χ2n) is 4.07. The van der Waals surface area contributed by atoms with Crippen LogP contribution in [-0.2, 0) is 11.0 Å². The molecule has 20 heavy (non-hydrogen) atoms. The van der Waals surface area contributed by atoms with E-state index in [1.54, 1.807) is 11.8 Å². The molecule has 0 unspecified atom stereocenters. The molecule has 0 saturated carbocycles. The molecule has 0 aliphatic rings. The molecule has 0 aromatic heterocycles. The molecule has 1 aromatic rings. The van der Waals surface area contributed by atoms with Gasteiger partial charge in [0.05, 0.1) is 11.6 Å². The van der Waals surface area contributed by atoms with Gasteiger partial charge in [0, 0.05) is 10.2 Å². The molecule has 0 aliphatic carbocycles. The van der Waals surface area contributed by atoms with Gasteiger partial charge in [-0.3, -0.25) is 4.79 Å². The van der Waals surface area contributed by atoms with E-state index in [0.29, 0.717) is 12.2 Å². The minimum atomic E-state index is -4.49. The van der Waals surface area contributed by atoms with E-state index in [2.05, 4.69) is 21.2 Å². The van der Waals surface area contributed by atoms with Crippen LogP contribution in [0.4, 0.5) is 18.9 Å². The molecule has 0 fully saturated rings. The fourth-order valence-corrected chi connectivity index (χ4v) is 2.39. The van der Waals surface area contributed by atoms with E-state index in [9.17, 15) is 18.0 Å². The molecule has 0 saturated heterocycles. The molecule has 0 spiro atoms. The van der Waals surface area contributed by atoms with Gasteiger partial charge in [0.2, 0.25) is 5.91 Å². The Morgan fingerprint density at radius 2 is 2.15 bits per heavy atom. The van der Waals surface area contributed by atoms with E-state index in [0.717, 1.165) is 6.07 Å². The monoisotopic (exact) mass is 370 g/mol. The molecular formula is C12H14BrF3N2OS. The van der Waals surface area contributed by atoms with Gasteiger partial charge in [-0.25, -0.2) is 0 Å². The molecule has 112 valence electrons. The van der Waals surface area contributed by atoms with Crippen molar-refractivity contribution < 1.29 is 18.0 Å². The van der Waals surface area contributed by atoms with E-state index in [1.165, 1.54) is 12.1 Å². The molecule has 1 amide bonds. The SMILES string of the molecule is CSCC[C@H](N)C(=O)Nc1ccc(Br)c(C(F)(F)F)c1. The van der Waals surface area contributed by atoms with E-state index >= 15 is 0 Å². The maximum Gasteiger partial charge on any atom is 0.417 e. The lowest BCUT2D eigenvalue weighted by molar-refractivity contribution is -0.138. The molecule has 0 aliphatic heterocycles. The number of nitrogens with two attached hydrogens (primary N) is 1. The maximum atomic E-state index is 12.7. The Labute approximate surface area is 127 Å². The first-order chi connectivity index (χ1) is 9.25. The number of hydrogen-bond donors (Lipinski definition) is 2. The Balaban J connectivity index is 2.81. The average Bonchev–Trinajstić information content (AvgIpc) is 2.36. The second-order valence-corrected chi connectivity index (χ2v) is 5.91. The Bertz CT molecular complexity index is 482. The van der Waals surface area contributed by atoms with E-state index in [-0.39, 0.29) is 10.2 Å². The van der Waals surface area contributed by atoms with Crippen LogP contribution in [0, 0.1) is 0 Å². The first-order valence-electron chi connectivity index (χ1n) is 5.68. The van der Waals surface area contributed by atoms with E-state index in [1.807, 2.05) is 6.26 Å². The standard InChI is InChI=1S/C12H14BrF3N2OS/c1-20-5-4-10(17)11(19)18-7-2-3-9(13)8(6-7)12(14,15)16/h2-3,6,10H,4-5,17H2,1H3,(H,18,19)/t10-/m0/s1. The first-order valence-corrected chi connectivity index (χ1v) is 7.86. The molecule has 3 N–H and O–H groups in total. The summed E-state index contributed by atoms with van der Waals surface area (Å²) in [4.78, 5) is 11.7. The summed E-state index contributed by atoms with van der Waals surface area (Å²) < 4.78 is 38.1. The number of thioether (sulfide) groups is 1. The van der Waals surface area contributed by atoms with Gasteiger partial charge in [-0.1, -0.05) is 15.9 Å². The van der Waals surface area contributed by atoms with Crippen LogP contribution in [0.1, 0.15) is 12.0 Å². The molecule has 8 heteroatoms. The summed E-state index contributed by atoms with van der Waals surface area (Å²) in [5.74, 6) is 0.220. The van der Waals surface area contributed by atoms with Crippen molar-refractivity contribution in [2.75, 3.05) is 17.3 Å². The number of anilines is 1. The van der Waals surface area contributed by atoms with Crippen molar-refractivity contribution in [3.63, 3.8) is 0 Å². The first kappa shape index (κ1) is 17.3. The lowest BCUT2D eigenvalue weighted by atomic mass is 10.1. The van der Waals surface area contributed by atoms with Gasteiger partial charge >= 0.3 is 6.18 Å². The van der Waals surface area contributed by atoms with Gasteiger partial charge in [-0.2, -0.15) is 24.9 Å². The van der Waals surface area contributed by atoms with E-state index < -0.39 is 23.7 Å². The molecular weight excluding hydrogens is 357 g/mol. The van der Waals surface area contributed by atoms with Gasteiger partial charge in [0.1, 0.15) is 0 Å². The van der Waals surface area contributed by atoms with Crippen LogP contribution in [0.2, 0.25) is 0 Å². The van der Waals surface area contributed by atoms with Crippen molar-refractivity contribution in [1.29, 1.82) is 0 Å². The predicted octanol–water partition coefficient (Wildman–Crippen LogP) is 3.49. The summed E-state index contributed by atoms with van der Waals surface area (Å²) in [6.45, 7) is 0. The molecule has 0 bridgehead atoms. The molecule has 3 nitrogen and oxygen atoms in total. The molecule has 0 heterocycles. The quantitative estimate of drug-likeness (QED) is 0.833. The van der Waals surface area contributed by atoms with Crippen molar-refractivity contribution in [1.82, 2.24) is 0 Å². The molecule has 1 atom stereocenters. The third kappa shape index (κ3) is 4.99. The lowest BCUT2D eigenvalue weighted by Crippen LogP contribution is -2.36. The number of halogens is 4. The Kier molecular flexibility index (Phi) is 6.35. The van der Waals surface area contributed by atoms with Crippen molar-refractivity contribution in [3.8, 4) is 0 Å². The van der Waals surface area contributed by atoms with Crippen LogP contribution in [0.5, 0.6) is 0 Å². The Morgan fingerprint density at radius 1 is 1.50 bits per heavy atom.